The summed E-state index contributed by atoms with van der Waals surface area (Å²) in [5.74, 6) is -0.0989. The zero-order valence-electron chi connectivity index (χ0n) is 7.21. The predicted octanol–water partition coefficient (Wildman–Crippen LogP) is 0.960. The van der Waals surface area contributed by atoms with Crippen LogP contribution in [0, 0.1) is 0 Å². The van der Waals surface area contributed by atoms with Crippen LogP contribution in [-0.4, -0.2) is 34.0 Å². The van der Waals surface area contributed by atoms with Crippen molar-refractivity contribution >= 4 is 27.6 Å². The molecule has 0 radical (unpaired) electrons. The monoisotopic (exact) mass is 233 g/mol. The van der Waals surface area contributed by atoms with Crippen LogP contribution < -0.4 is 0 Å². The fourth-order valence-electron chi connectivity index (χ4n) is 1.26. The lowest BCUT2D eigenvalue weighted by Crippen LogP contribution is -2.49. The molecule has 0 aromatic rings. The van der Waals surface area contributed by atoms with Gasteiger partial charge in [-0.3, -0.25) is 9.59 Å². The first-order valence-electron chi connectivity index (χ1n) is 4.01. The molecule has 0 N–H and O–H groups in total. The molecule has 1 atom stereocenters. The summed E-state index contributed by atoms with van der Waals surface area (Å²) in [7, 11) is 0. The van der Waals surface area contributed by atoms with Gasteiger partial charge in [0.15, 0.2) is 10.6 Å². The van der Waals surface area contributed by atoms with Gasteiger partial charge in [0.25, 0.3) is 0 Å². The number of piperidine rings is 1. The Morgan fingerprint density at radius 2 is 2.08 bits per heavy atom. The maximum absolute atomic E-state index is 11.4. The van der Waals surface area contributed by atoms with Crippen molar-refractivity contribution in [3.05, 3.63) is 0 Å². The average molecular weight is 234 g/mol. The molecule has 1 aliphatic rings. The molecule has 3 nitrogen and oxygen atoms in total. The molecule has 0 bridgehead atoms. The standard InChI is InChI=1S/C8H12BrNO2/c1-5(2)10-4-3-6(11)7(9)8(10)12/h5,7H,3-4H2,1-2H3/t7-/m1/s1. The molecule has 1 fully saturated rings. The van der Waals surface area contributed by atoms with Crippen LogP contribution in [0.5, 0.6) is 0 Å². The maximum Gasteiger partial charge on any atom is 0.244 e. The van der Waals surface area contributed by atoms with Crippen molar-refractivity contribution in [2.45, 2.75) is 31.1 Å². The summed E-state index contributed by atoms with van der Waals surface area (Å²) in [6.45, 7) is 4.47. The summed E-state index contributed by atoms with van der Waals surface area (Å²) >= 11 is 3.09. The minimum Gasteiger partial charge on any atom is -0.338 e. The number of amides is 1. The third kappa shape index (κ3) is 1.68. The molecule has 0 aliphatic carbocycles. The van der Waals surface area contributed by atoms with E-state index < -0.39 is 4.83 Å². The van der Waals surface area contributed by atoms with E-state index in [-0.39, 0.29) is 17.7 Å². The number of Topliss-reactive ketones (excluding diaryl/α,β-unsaturated/α-hetero) is 1. The third-order valence-corrected chi connectivity index (χ3v) is 2.91. The van der Waals surface area contributed by atoms with E-state index in [1.807, 2.05) is 13.8 Å². The van der Waals surface area contributed by atoms with Gasteiger partial charge in [-0.05, 0) is 13.8 Å². The average Bonchev–Trinajstić information content (AvgIpc) is 2.00. The van der Waals surface area contributed by atoms with Gasteiger partial charge in [0.1, 0.15) is 0 Å². The Labute approximate surface area is 80.2 Å². The first-order chi connectivity index (χ1) is 5.54. The van der Waals surface area contributed by atoms with E-state index >= 15 is 0 Å². The molecule has 1 amide bonds. The van der Waals surface area contributed by atoms with Gasteiger partial charge in [-0.1, -0.05) is 15.9 Å². The van der Waals surface area contributed by atoms with Gasteiger partial charge in [-0.2, -0.15) is 0 Å². The van der Waals surface area contributed by atoms with Gasteiger partial charge in [-0.15, -0.1) is 0 Å². The van der Waals surface area contributed by atoms with Gasteiger partial charge in [0.2, 0.25) is 5.91 Å². The highest BCUT2D eigenvalue weighted by molar-refractivity contribution is 9.10. The smallest absolute Gasteiger partial charge is 0.244 e. The van der Waals surface area contributed by atoms with Crippen molar-refractivity contribution in [1.82, 2.24) is 4.90 Å². The number of carbonyl (C=O) groups excluding carboxylic acids is 2. The Hall–Kier alpha value is -0.380. The fraction of sp³-hybridized carbons (Fsp3) is 0.750. The molecular formula is C8H12BrNO2. The first-order valence-corrected chi connectivity index (χ1v) is 4.93. The number of nitrogens with zero attached hydrogens (tertiary/aromatic N) is 1. The molecule has 0 aromatic carbocycles. The lowest BCUT2D eigenvalue weighted by Gasteiger charge is -2.32. The molecule has 68 valence electrons. The van der Waals surface area contributed by atoms with Crippen LogP contribution >= 0.6 is 15.9 Å². The van der Waals surface area contributed by atoms with E-state index in [1.54, 1.807) is 4.90 Å². The molecule has 1 heterocycles. The van der Waals surface area contributed by atoms with Gasteiger partial charge in [0, 0.05) is 19.0 Å². The van der Waals surface area contributed by atoms with Crippen molar-refractivity contribution in [3.63, 3.8) is 0 Å². The Kier molecular flexibility index (Phi) is 2.88. The summed E-state index contributed by atoms with van der Waals surface area (Å²) in [6.07, 6.45) is 0.472. The van der Waals surface area contributed by atoms with E-state index in [4.69, 9.17) is 0 Å². The summed E-state index contributed by atoms with van der Waals surface area (Å²) in [5, 5.41) is 0. The second-order valence-corrected chi connectivity index (χ2v) is 4.12. The van der Waals surface area contributed by atoms with Crippen LogP contribution in [0.1, 0.15) is 20.3 Å². The Bertz CT molecular complexity index is 215. The molecule has 1 aliphatic heterocycles. The second-order valence-electron chi connectivity index (χ2n) is 3.20. The lowest BCUT2D eigenvalue weighted by atomic mass is 10.1. The number of carbonyl (C=O) groups is 2. The topological polar surface area (TPSA) is 37.4 Å². The third-order valence-electron chi connectivity index (χ3n) is 2.01. The zero-order chi connectivity index (χ0) is 9.30. The van der Waals surface area contributed by atoms with E-state index in [1.165, 1.54) is 0 Å². The van der Waals surface area contributed by atoms with Crippen molar-refractivity contribution < 1.29 is 9.59 Å². The van der Waals surface area contributed by atoms with Crippen LogP contribution in [0.3, 0.4) is 0 Å². The largest absolute Gasteiger partial charge is 0.338 e. The number of alkyl halides is 1. The number of hydrogen-bond acceptors (Lipinski definition) is 2. The minimum absolute atomic E-state index is 0.00287. The number of ketones is 1. The quantitative estimate of drug-likeness (QED) is 0.500. The van der Waals surface area contributed by atoms with E-state index in [9.17, 15) is 9.59 Å². The highest BCUT2D eigenvalue weighted by atomic mass is 79.9. The number of likely N-dealkylation sites (tertiary alicyclic amines) is 1. The van der Waals surface area contributed by atoms with Crippen molar-refractivity contribution in [1.29, 1.82) is 0 Å². The highest BCUT2D eigenvalue weighted by Gasteiger charge is 2.33. The van der Waals surface area contributed by atoms with E-state index in [0.717, 1.165) is 0 Å². The van der Waals surface area contributed by atoms with Gasteiger partial charge >= 0.3 is 0 Å². The van der Waals surface area contributed by atoms with Crippen LogP contribution in [0.25, 0.3) is 0 Å². The minimum atomic E-state index is -0.603. The second kappa shape index (κ2) is 3.56. The molecule has 4 heteroatoms. The van der Waals surface area contributed by atoms with E-state index in [2.05, 4.69) is 15.9 Å². The molecule has 0 aromatic heterocycles. The Balaban J connectivity index is 2.72. The molecule has 0 saturated carbocycles. The summed E-state index contributed by atoms with van der Waals surface area (Å²) in [4.78, 5) is 23.6. The Morgan fingerprint density at radius 3 is 2.58 bits per heavy atom. The fourth-order valence-corrected chi connectivity index (χ4v) is 1.76. The molecular weight excluding hydrogens is 222 g/mol. The van der Waals surface area contributed by atoms with Crippen LogP contribution in [-0.2, 0) is 9.59 Å². The molecule has 1 saturated heterocycles. The summed E-state index contributed by atoms with van der Waals surface area (Å²) in [6, 6.07) is 0.186. The van der Waals surface area contributed by atoms with Gasteiger partial charge in [-0.25, -0.2) is 0 Å². The van der Waals surface area contributed by atoms with Crippen molar-refractivity contribution in [3.8, 4) is 0 Å². The summed E-state index contributed by atoms with van der Waals surface area (Å²) < 4.78 is 0. The lowest BCUT2D eigenvalue weighted by molar-refractivity contribution is -0.139. The SMILES string of the molecule is CC(C)N1CCC(=O)[C@@H](Br)C1=O. The summed E-state index contributed by atoms with van der Waals surface area (Å²) in [5.41, 5.74) is 0. The van der Waals surface area contributed by atoms with Gasteiger partial charge in [0.05, 0.1) is 0 Å². The highest BCUT2D eigenvalue weighted by Crippen LogP contribution is 2.17. The Morgan fingerprint density at radius 1 is 1.50 bits per heavy atom. The van der Waals surface area contributed by atoms with Gasteiger partial charge < -0.3 is 4.90 Å². The van der Waals surface area contributed by atoms with Crippen LogP contribution in [0.15, 0.2) is 0 Å². The van der Waals surface area contributed by atoms with Crippen molar-refractivity contribution in [2.24, 2.45) is 0 Å². The predicted molar refractivity (Wildman–Crippen MR) is 49.2 cm³/mol. The number of hydrogen-bond donors (Lipinski definition) is 0. The number of halogens is 1. The van der Waals surface area contributed by atoms with Crippen molar-refractivity contribution in [2.75, 3.05) is 6.54 Å². The molecule has 0 spiro atoms. The zero-order valence-corrected chi connectivity index (χ0v) is 8.80. The maximum atomic E-state index is 11.4. The first kappa shape index (κ1) is 9.71. The molecule has 12 heavy (non-hydrogen) atoms. The van der Waals surface area contributed by atoms with Crippen LogP contribution in [0.4, 0.5) is 0 Å². The molecule has 1 rings (SSSR count). The number of rotatable bonds is 1. The van der Waals surface area contributed by atoms with Crippen LogP contribution in [0.2, 0.25) is 0 Å². The molecule has 0 unspecified atom stereocenters. The van der Waals surface area contributed by atoms with E-state index in [0.29, 0.717) is 13.0 Å². The normalized spacial score (nSPS) is 25.3.